The Hall–Kier alpha value is -3.80. The van der Waals surface area contributed by atoms with E-state index in [4.69, 9.17) is 10.5 Å². The van der Waals surface area contributed by atoms with E-state index in [2.05, 4.69) is 15.6 Å². The van der Waals surface area contributed by atoms with Gasteiger partial charge in [-0.3, -0.25) is 29.3 Å². The largest absolute Gasteiger partial charge is 0.483 e. The number of nitrogens with zero attached hydrogens (tertiary/aromatic N) is 2. The number of rotatable bonds is 7. The van der Waals surface area contributed by atoms with Crippen LogP contribution in [0.2, 0.25) is 0 Å². The molecule has 0 radical (unpaired) electrons. The molecule has 1 atom stereocenters. The van der Waals surface area contributed by atoms with Crippen molar-refractivity contribution in [3.63, 3.8) is 0 Å². The second kappa shape index (κ2) is 8.75. The molecular weight excluding hydrogens is 438 g/mol. The van der Waals surface area contributed by atoms with E-state index >= 15 is 0 Å². The molecule has 2 aromatic rings. The number of carbonyl (C=O) groups is 5. The van der Waals surface area contributed by atoms with E-state index in [0.29, 0.717) is 21.9 Å². The minimum absolute atomic E-state index is 0.120. The van der Waals surface area contributed by atoms with Crippen molar-refractivity contribution in [3.05, 3.63) is 45.4 Å². The third kappa shape index (κ3) is 4.30. The average Bonchev–Trinajstić information content (AvgIpc) is 3.36. The van der Waals surface area contributed by atoms with Gasteiger partial charge in [0.25, 0.3) is 17.7 Å². The van der Waals surface area contributed by atoms with Gasteiger partial charge in [-0.25, -0.2) is 4.98 Å². The molecule has 1 aromatic carbocycles. The number of imide groups is 1. The van der Waals surface area contributed by atoms with Gasteiger partial charge in [0.1, 0.15) is 22.5 Å². The van der Waals surface area contributed by atoms with Crippen LogP contribution in [-0.2, 0) is 27.5 Å². The Morgan fingerprint density at radius 2 is 2.12 bits per heavy atom. The maximum atomic E-state index is 12.8. The second-order valence-corrected chi connectivity index (χ2v) is 8.18. The number of fused-ring (bicyclic) bond motifs is 1. The van der Waals surface area contributed by atoms with Crippen molar-refractivity contribution in [3.8, 4) is 5.75 Å². The third-order valence-electron chi connectivity index (χ3n) is 5.14. The number of hydrogen-bond acceptors (Lipinski definition) is 8. The Morgan fingerprint density at radius 3 is 2.84 bits per heavy atom. The van der Waals surface area contributed by atoms with Crippen LogP contribution in [-0.4, -0.2) is 52.1 Å². The number of amides is 5. The predicted octanol–water partition coefficient (Wildman–Crippen LogP) is -0.302. The van der Waals surface area contributed by atoms with Crippen LogP contribution in [0.25, 0.3) is 0 Å². The van der Waals surface area contributed by atoms with Gasteiger partial charge in [-0.1, -0.05) is 6.07 Å². The van der Waals surface area contributed by atoms with Crippen molar-refractivity contribution in [2.75, 3.05) is 6.61 Å². The van der Waals surface area contributed by atoms with Crippen molar-refractivity contribution < 1.29 is 28.7 Å². The van der Waals surface area contributed by atoms with Gasteiger partial charge in [0.2, 0.25) is 11.8 Å². The lowest BCUT2D eigenvalue weighted by atomic mass is 10.0. The molecule has 2 aliphatic heterocycles. The summed E-state index contributed by atoms with van der Waals surface area (Å²) in [6.07, 6.45) is 0.428. The van der Waals surface area contributed by atoms with Gasteiger partial charge in [-0.05, 0) is 18.6 Å². The van der Waals surface area contributed by atoms with Crippen LogP contribution >= 0.6 is 11.3 Å². The molecule has 0 bridgehead atoms. The fourth-order valence-corrected chi connectivity index (χ4v) is 4.29. The van der Waals surface area contributed by atoms with Gasteiger partial charge in [-0.2, -0.15) is 0 Å². The standard InChI is InChI=1S/C20H19N5O6S/c21-18(28)12-9-32-17(23-12)6-22-16(27)8-31-14-3-1-2-10-11(14)7-25(20(10)30)13-4-5-15(26)24-19(13)29/h1-3,9,13H,4-8H2,(H2,21,28)(H,22,27)(H,24,26,29). The molecule has 11 nitrogen and oxygen atoms in total. The summed E-state index contributed by atoms with van der Waals surface area (Å²) in [5.41, 5.74) is 6.28. The molecule has 1 unspecified atom stereocenters. The van der Waals surface area contributed by atoms with Gasteiger partial charge in [0.15, 0.2) is 6.61 Å². The van der Waals surface area contributed by atoms with E-state index in [-0.39, 0.29) is 50.0 Å². The molecule has 12 heteroatoms. The first-order valence-electron chi connectivity index (χ1n) is 9.73. The third-order valence-corrected chi connectivity index (χ3v) is 5.99. The van der Waals surface area contributed by atoms with Crippen LogP contribution in [0.4, 0.5) is 0 Å². The summed E-state index contributed by atoms with van der Waals surface area (Å²) in [6, 6.07) is 4.19. The van der Waals surface area contributed by atoms with Gasteiger partial charge in [-0.15, -0.1) is 11.3 Å². The molecular formula is C20H19N5O6S. The minimum atomic E-state index is -0.729. The van der Waals surface area contributed by atoms with Crippen molar-refractivity contribution in [1.29, 1.82) is 0 Å². The summed E-state index contributed by atoms with van der Waals surface area (Å²) < 4.78 is 5.63. The normalized spacial score (nSPS) is 17.7. The zero-order valence-electron chi connectivity index (χ0n) is 16.8. The van der Waals surface area contributed by atoms with Gasteiger partial charge in [0.05, 0.1) is 13.1 Å². The van der Waals surface area contributed by atoms with Crippen molar-refractivity contribution in [1.82, 2.24) is 20.5 Å². The number of thiazole rings is 1. The van der Waals surface area contributed by atoms with Crippen LogP contribution in [0.3, 0.4) is 0 Å². The summed E-state index contributed by atoms with van der Waals surface area (Å²) >= 11 is 1.20. The lowest BCUT2D eigenvalue weighted by molar-refractivity contribution is -0.137. The molecule has 2 aliphatic rings. The molecule has 1 saturated heterocycles. The van der Waals surface area contributed by atoms with E-state index in [0.717, 1.165) is 0 Å². The summed E-state index contributed by atoms with van der Waals surface area (Å²) in [5.74, 6) is -1.85. The summed E-state index contributed by atoms with van der Waals surface area (Å²) in [4.78, 5) is 65.1. The van der Waals surface area contributed by atoms with Crippen LogP contribution in [0.15, 0.2) is 23.6 Å². The number of carbonyl (C=O) groups excluding carboxylic acids is 5. The number of hydrogen-bond donors (Lipinski definition) is 3. The zero-order chi connectivity index (χ0) is 22.8. The lowest BCUT2D eigenvalue weighted by Gasteiger charge is -2.29. The molecule has 4 rings (SSSR count). The van der Waals surface area contributed by atoms with Crippen molar-refractivity contribution in [2.45, 2.75) is 32.0 Å². The molecule has 1 aromatic heterocycles. The van der Waals surface area contributed by atoms with Crippen molar-refractivity contribution >= 4 is 40.9 Å². The maximum absolute atomic E-state index is 12.8. The second-order valence-electron chi connectivity index (χ2n) is 7.24. The quantitative estimate of drug-likeness (QED) is 0.481. The van der Waals surface area contributed by atoms with Crippen LogP contribution in [0, 0.1) is 0 Å². The number of ether oxygens (including phenoxy) is 1. The number of nitrogens with one attached hydrogen (secondary N) is 2. The van der Waals surface area contributed by atoms with E-state index in [1.807, 2.05) is 0 Å². The monoisotopic (exact) mass is 457 g/mol. The van der Waals surface area contributed by atoms with Crippen LogP contribution in [0.1, 0.15) is 44.3 Å². The highest BCUT2D eigenvalue weighted by Crippen LogP contribution is 2.33. The average molecular weight is 457 g/mol. The minimum Gasteiger partial charge on any atom is -0.483 e. The van der Waals surface area contributed by atoms with Gasteiger partial charge in [0, 0.05) is 22.9 Å². The number of nitrogens with two attached hydrogens (primary N) is 1. The highest BCUT2D eigenvalue weighted by Gasteiger charge is 2.40. The summed E-state index contributed by atoms with van der Waals surface area (Å²) in [6.45, 7) is -0.0286. The Kier molecular flexibility index (Phi) is 5.86. The summed E-state index contributed by atoms with van der Waals surface area (Å²) in [7, 11) is 0. The van der Waals surface area contributed by atoms with Gasteiger partial charge >= 0.3 is 0 Å². The van der Waals surface area contributed by atoms with E-state index < -0.39 is 23.8 Å². The molecule has 1 fully saturated rings. The molecule has 4 N–H and O–H groups in total. The fourth-order valence-electron chi connectivity index (χ4n) is 3.57. The number of aromatic nitrogens is 1. The van der Waals surface area contributed by atoms with Crippen molar-refractivity contribution in [2.24, 2.45) is 5.73 Å². The Bertz CT molecular complexity index is 1130. The Labute approximate surface area is 185 Å². The zero-order valence-corrected chi connectivity index (χ0v) is 17.6. The molecule has 0 saturated carbocycles. The molecule has 166 valence electrons. The number of benzene rings is 1. The van der Waals surface area contributed by atoms with E-state index in [1.165, 1.54) is 21.6 Å². The highest BCUT2D eigenvalue weighted by atomic mass is 32.1. The first kappa shape index (κ1) is 21.4. The molecule has 0 spiro atoms. The Balaban J connectivity index is 1.37. The topological polar surface area (TPSA) is 161 Å². The summed E-state index contributed by atoms with van der Waals surface area (Å²) in [5, 5.41) is 6.93. The predicted molar refractivity (Wildman–Crippen MR) is 110 cm³/mol. The SMILES string of the molecule is NC(=O)c1csc(CNC(=O)COc2cccc3c2CN(C2CCC(=O)NC2=O)C3=O)n1. The van der Waals surface area contributed by atoms with E-state index in [1.54, 1.807) is 18.2 Å². The van der Waals surface area contributed by atoms with E-state index in [9.17, 15) is 24.0 Å². The number of piperidine rings is 1. The fraction of sp³-hybridized carbons (Fsp3) is 0.300. The smallest absolute Gasteiger partial charge is 0.268 e. The van der Waals surface area contributed by atoms with Crippen LogP contribution in [0.5, 0.6) is 5.75 Å². The van der Waals surface area contributed by atoms with Crippen LogP contribution < -0.4 is 21.1 Å². The number of primary amides is 1. The molecule has 5 amide bonds. The van der Waals surface area contributed by atoms with Gasteiger partial charge < -0.3 is 20.7 Å². The first-order valence-corrected chi connectivity index (χ1v) is 10.6. The highest BCUT2D eigenvalue weighted by molar-refractivity contribution is 7.09. The maximum Gasteiger partial charge on any atom is 0.268 e. The Morgan fingerprint density at radius 1 is 1.31 bits per heavy atom. The molecule has 0 aliphatic carbocycles. The first-order chi connectivity index (χ1) is 15.3. The lowest BCUT2D eigenvalue weighted by Crippen LogP contribution is -2.52. The molecule has 3 heterocycles. The molecule has 32 heavy (non-hydrogen) atoms.